The molecule has 1 aromatic carbocycles. The second-order valence-electron chi connectivity index (χ2n) is 2.06. The minimum Gasteiger partial charge on any atom is -0.620 e. The highest BCUT2D eigenvalue weighted by Gasteiger charge is 2.06. The maximum atomic E-state index is 10.9. The molecule has 3 N–H and O–H groups in total. The quantitative estimate of drug-likeness (QED) is 0.546. The van der Waals surface area contributed by atoms with E-state index in [1.807, 2.05) is 0 Å². The maximum absolute atomic E-state index is 10.9. The summed E-state index contributed by atoms with van der Waals surface area (Å²) in [6.07, 6.45) is 0. The molecule has 0 aliphatic rings. The maximum Gasteiger partial charge on any atom is 0.417 e. The molecular formula is C7H8N2O2. The van der Waals surface area contributed by atoms with Gasteiger partial charge in [0.1, 0.15) is 5.69 Å². The Kier molecular flexibility index (Phi) is 2.20. The Hall–Kier alpha value is -1.39. The number of amides is 2. The number of para-hydroxylation sites is 1. The summed E-state index contributed by atoms with van der Waals surface area (Å²) in [5.74, 6) is 0. The largest absolute Gasteiger partial charge is 0.620 e. The number of carbonyl (C=O) groups excluding carboxylic acids is 1. The van der Waals surface area contributed by atoms with Gasteiger partial charge >= 0.3 is 6.03 Å². The zero-order valence-corrected chi connectivity index (χ0v) is 5.78. The van der Waals surface area contributed by atoms with Crippen LogP contribution in [0.2, 0.25) is 0 Å². The standard InChI is InChI=1S/C7H8N2O2/c8-7(10)9(11)6-4-2-1-3-5-6/h1-5,9H,(H2,8,10). The van der Waals surface area contributed by atoms with Crippen molar-refractivity contribution in [3.63, 3.8) is 0 Å². The highest BCUT2D eigenvalue weighted by atomic mass is 16.5. The molecule has 1 rings (SSSR count). The lowest BCUT2D eigenvalue weighted by Gasteiger charge is -2.15. The smallest absolute Gasteiger partial charge is 0.417 e. The first kappa shape index (κ1) is 7.71. The van der Waals surface area contributed by atoms with Crippen molar-refractivity contribution in [2.24, 2.45) is 5.73 Å². The van der Waals surface area contributed by atoms with Crippen LogP contribution in [0.3, 0.4) is 0 Å². The molecule has 1 aromatic rings. The molecule has 4 nitrogen and oxygen atoms in total. The number of nitrogens with one attached hydrogen (secondary N) is 1. The third-order valence-corrected chi connectivity index (χ3v) is 1.26. The number of hydrogen-bond acceptors (Lipinski definition) is 2. The van der Waals surface area contributed by atoms with Crippen LogP contribution in [0.4, 0.5) is 10.5 Å². The summed E-state index contributed by atoms with van der Waals surface area (Å²) in [5.41, 5.74) is 5.11. The lowest BCUT2D eigenvalue weighted by molar-refractivity contribution is -0.679. The fourth-order valence-corrected chi connectivity index (χ4v) is 0.732. The molecule has 11 heavy (non-hydrogen) atoms. The molecule has 1 unspecified atom stereocenters. The molecule has 0 radical (unpaired) electrons. The van der Waals surface area contributed by atoms with Crippen LogP contribution in [0.1, 0.15) is 0 Å². The van der Waals surface area contributed by atoms with Crippen LogP contribution >= 0.6 is 0 Å². The number of carbonyl (C=O) groups is 1. The number of rotatable bonds is 1. The van der Waals surface area contributed by atoms with Gasteiger partial charge in [-0.15, -0.1) is 0 Å². The van der Waals surface area contributed by atoms with E-state index in [9.17, 15) is 10.0 Å². The van der Waals surface area contributed by atoms with Crippen molar-refractivity contribution in [3.05, 3.63) is 35.5 Å². The summed E-state index contributed by atoms with van der Waals surface area (Å²) >= 11 is 0. The van der Waals surface area contributed by atoms with Gasteiger partial charge in [0.15, 0.2) is 0 Å². The van der Waals surface area contributed by atoms with Crippen LogP contribution in [-0.2, 0) is 0 Å². The molecule has 0 spiro atoms. The lowest BCUT2D eigenvalue weighted by Crippen LogP contribution is -3.06. The van der Waals surface area contributed by atoms with E-state index in [2.05, 4.69) is 0 Å². The number of quaternary nitrogens is 1. The van der Waals surface area contributed by atoms with Crippen molar-refractivity contribution in [1.29, 1.82) is 0 Å². The molecule has 0 saturated carbocycles. The number of benzene rings is 1. The third-order valence-electron chi connectivity index (χ3n) is 1.26. The topological polar surface area (TPSA) is 70.6 Å². The Bertz CT molecular complexity index is 248. The van der Waals surface area contributed by atoms with Crippen molar-refractivity contribution in [3.8, 4) is 0 Å². The minimum absolute atomic E-state index is 0.333. The average Bonchev–Trinajstić information content (AvgIpc) is 2.05. The molecule has 0 fully saturated rings. The summed E-state index contributed by atoms with van der Waals surface area (Å²) < 4.78 is 0. The average molecular weight is 152 g/mol. The summed E-state index contributed by atoms with van der Waals surface area (Å²) in [4.78, 5) is 10.4. The van der Waals surface area contributed by atoms with E-state index in [0.29, 0.717) is 5.69 Å². The lowest BCUT2D eigenvalue weighted by atomic mass is 10.3. The van der Waals surface area contributed by atoms with Crippen molar-refractivity contribution in [2.75, 3.05) is 0 Å². The van der Waals surface area contributed by atoms with Crippen molar-refractivity contribution < 1.29 is 9.86 Å². The Morgan fingerprint density at radius 3 is 2.36 bits per heavy atom. The zero-order chi connectivity index (χ0) is 8.27. The summed E-state index contributed by atoms with van der Waals surface area (Å²) in [6.45, 7) is 0. The van der Waals surface area contributed by atoms with Gasteiger partial charge in [0.05, 0.1) is 0 Å². The van der Waals surface area contributed by atoms with Crippen LogP contribution in [-0.4, -0.2) is 6.03 Å². The van der Waals surface area contributed by atoms with Crippen LogP contribution in [0.25, 0.3) is 0 Å². The molecule has 0 aliphatic heterocycles. The van der Waals surface area contributed by atoms with Gasteiger partial charge in [-0.2, -0.15) is 0 Å². The molecule has 0 aliphatic carbocycles. The number of urea groups is 1. The molecule has 58 valence electrons. The second kappa shape index (κ2) is 3.14. The third kappa shape index (κ3) is 1.76. The van der Waals surface area contributed by atoms with E-state index >= 15 is 0 Å². The van der Waals surface area contributed by atoms with Crippen LogP contribution in [0.5, 0.6) is 0 Å². The molecule has 2 amide bonds. The van der Waals surface area contributed by atoms with Crippen LogP contribution < -0.4 is 10.8 Å². The first-order valence-corrected chi connectivity index (χ1v) is 3.11. The molecule has 0 heterocycles. The van der Waals surface area contributed by atoms with E-state index in [0.717, 1.165) is 0 Å². The Morgan fingerprint density at radius 1 is 1.36 bits per heavy atom. The summed E-state index contributed by atoms with van der Waals surface area (Å²) in [7, 11) is 0. The van der Waals surface area contributed by atoms with Gasteiger partial charge in [-0.05, 0) is 12.1 Å². The number of hydrogen-bond donors (Lipinski definition) is 2. The van der Waals surface area contributed by atoms with E-state index in [-0.39, 0.29) is 0 Å². The molecular weight excluding hydrogens is 144 g/mol. The molecule has 1 atom stereocenters. The highest BCUT2D eigenvalue weighted by Crippen LogP contribution is 1.97. The predicted molar refractivity (Wildman–Crippen MR) is 40.0 cm³/mol. The van der Waals surface area contributed by atoms with E-state index in [1.54, 1.807) is 30.3 Å². The van der Waals surface area contributed by atoms with Crippen LogP contribution in [0.15, 0.2) is 30.3 Å². The van der Waals surface area contributed by atoms with E-state index in [1.165, 1.54) is 0 Å². The van der Waals surface area contributed by atoms with Gasteiger partial charge < -0.3 is 10.9 Å². The number of nitrogens with two attached hydrogens (primary N) is 1. The molecule has 0 saturated heterocycles. The Balaban J connectivity index is 2.85. The van der Waals surface area contributed by atoms with Crippen LogP contribution in [0, 0.1) is 5.21 Å². The first-order valence-electron chi connectivity index (χ1n) is 3.11. The first-order chi connectivity index (χ1) is 5.22. The van der Waals surface area contributed by atoms with Gasteiger partial charge in [-0.25, -0.2) is 4.79 Å². The van der Waals surface area contributed by atoms with Crippen molar-refractivity contribution in [1.82, 2.24) is 0 Å². The highest BCUT2D eigenvalue weighted by molar-refractivity contribution is 5.65. The van der Waals surface area contributed by atoms with Gasteiger partial charge in [-0.1, -0.05) is 18.2 Å². The number of hydroxylamine groups is 1. The van der Waals surface area contributed by atoms with Crippen molar-refractivity contribution >= 4 is 11.7 Å². The SMILES string of the molecule is NC(=O)[NH+]([O-])c1ccccc1. The van der Waals surface area contributed by atoms with Gasteiger partial charge in [0.25, 0.3) is 0 Å². The Morgan fingerprint density at radius 2 is 1.91 bits per heavy atom. The monoisotopic (exact) mass is 152 g/mol. The molecule has 4 heteroatoms. The fourth-order valence-electron chi connectivity index (χ4n) is 0.732. The summed E-state index contributed by atoms with van der Waals surface area (Å²) in [5, 5.41) is 10.2. The predicted octanol–water partition coefficient (Wildman–Crippen LogP) is -0.221. The zero-order valence-electron chi connectivity index (χ0n) is 5.78. The van der Waals surface area contributed by atoms with E-state index < -0.39 is 11.1 Å². The van der Waals surface area contributed by atoms with E-state index in [4.69, 9.17) is 5.73 Å². The Labute approximate surface area is 63.8 Å². The molecule has 0 aromatic heterocycles. The number of primary amides is 1. The van der Waals surface area contributed by atoms with Crippen molar-refractivity contribution in [2.45, 2.75) is 0 Å². The van der Waals surface area contributed by atoms with Gasteiger partial charge in [-0.3, -0.25) is 5.06 Å². The fraction of sp³-hybridized carbons (Fsp3) is 0. The van der Waals surface area contributed by atoms with Gasteiger partial charge in [0, 0.05) is 0 Å². The van der Waals surface area contributed by atoms with Gasteiger partial charge in [0.2, 0.25) is 0 Å². The summed E-state index contributed by atoms with van der Waals surface area (Å²) in [6, 6.07) is 7.29. The minimum atomic E-state index is -0.920. The molecule has 0 bridgehead atoms. The normalized spacial score (nSPS) is 12.5. The second-order valence-corrected chi connectivity index (χ2v) is 2.06.